The number of benzene rings is 1. The Morgan fingerprint density at radius 3 is 2.90 bits per heavy atom. The molecule has 0 spiro atoms. The van der Waals surface area contributed by atoms with Gasteiger partial charge in [-0.25, -0.2) is 10.2 Å². The first-order valence-electron chi connectivity index (χ1n) is 5.80. The standard InChI is InChI=1S/C13H11BrClFN2O3/c1-6-8(13(19)18-17)2-7(21-6)5-20-12-4-11(16)10(15)3-9(12)14/h2-4H,5,17H2,1H3,(H,18,19). The van der Waals surface area contributed by atoms with Gasteiger partial charge in [0.2, 0.25) is 0 Å². The van der Waals surface area contributed by atoms with Crippen LogP contribution in [0.5, 0.6) is 5.75 Å². The number of carbonyl (C=O) groups is 1. The summed E-state index contributed by atoms with van der Waals surface area (Å²) in [5.41, 5.74) is 2.34. The van der Waals surface area contributed by atoms with Gasteiger partial charge in [-0.1, -0.05) is 11.6 Å². The molecule has 0 unspecified atom stereocenters. The first-order chi connectivity index (χ1) is 9.92. The molecule has 0 aliphatic carbocycles. The van der Waals surface area contributed by atoms with Gasteiger partial charge in [0.05, 0.1) is 15.1 Å². The first kappa shape index (κ1) is 15.8. The van der Waals surface area contributed by atoms with Gasteiger partial charge in [0.1, 0.15) is 29.7 Å². The van der Waals surface area contributed by atoms with Crippen molar-refractivity contribution in [2.45, 2.75) is 13.5 Å². The molecule has 0 saturated heterocycles. The lowest BCUT2D eigenvalue weighted by Crippen LogP contribution is -2.30. The Morgan fingerprint density at radius 1 is 1.52 bits per heavy atom. The van der Waals surface area contributed by atoms with Gasteiger partial charge in [-0.2, -0.15) is 0 Å². The second-order valence-corrected chi connectivity index (χ2v) is 5.40. The third-order valence-electron chi connectivity index (χ3n) is 2.69. The molecular weight excluding hydrogens is 367 g/mol. The van der Waals surface area contributed by atoms with Crippen LogP contribution in [-0.2, 0) is 6.61 Å². The molecule has 0 bridgehead atoms. The van der Waals surface area contributed by atoms with Crippen molar-refractivity contribution in [3.8, 4) is 5.75 Å². The molecule has 112 valence electrons. The van der Waals surface area contributed by atoms with Gasteiger partial charge in [0.15, 0.2) is 0 Å². The van der Waals surface area contributed by atoms with Crippen molar-refractivity contribution in [2.24, 2.45) is 5.84 Å². The summed E-state index contributed by atoms with van der Waals surface area (Å²) < 4.78 is 24.7. The number of carbonyl (C=O) groups excluding carboxylic acids is 1. The van der Waals surface area contributed by atoms with Crippen LogP contribution in [0.15, 0.2) is 27.1 Å². The smallest absolute Gasteiger partial charge is 0.268 e. The number of hydrazine groups is 1. The summed E-state index contributed by atoms with van der Waals surface area (Å²) in [6.45, 7) is 1.66. The zero-order chi connectivity index (χ0) is 15.6. The van der Waals surface area contributed by atoms with Crippen LogP contribution in [0, 0.1) is 12.7 Å². The second-order valence-electron chi connectivity index (χ2n) is 4.14. The van der Waals surface area contributed by atoms with E-state index in [2.05, 4.69) is 15.9 Å². The van der Waals surface area contributed by atoms with Crippen molar-refractivity contribution >= 4 is 33.4 Å². The van der Waals surface area contributed by atoms with E-state index < -0.39 is 11.7 Å². The topological polar surface area (TPSA) is 77.5 Å². The summed E-state index contributed by atoms with van der Waals surface area (Å²) >= 11 is 8.86. The Balaban J connectivity index is 2.14. The van der Waals surface area contributed by atoms with Crippen LogP contribution in [0.2, 0.25) is 5.02 Å². The van der Waals surface area contributed by atoms with E-state index in [4.69, 9.17) is 26.6 Å². The lowest BCUT2D eigenvalue weighted by Gasteiger charge is -2.07. The Morgan fingerprint density at radius 2 is 2.24 bits per heavy atom. The van der Waals surface area contributed by atoms with Gasteiger partial charge in [0, 0.05) is 6.07 Å². The highest BCUT2D eigenvalue weighted by atomic mass is 79.9. The molecule has 2 rings (SSSR count). The number of furan rings is 1. The van der Waals surface area contributed by atoms with Crippen molar-refractivity contribution in [3.05, 3.63) is 50.6 Å². The number of nitrogen functional groups attached to an aromatic ring is 1. The van der Waals surface area contributed by atoms with Gasteiger partial charge >= 0.3 is 0 Å². The minimum absolute atomic E-state index is 0.00929. The van der Waals surface area contributed by atoms with Crippen molar-refractivity contribution in [3.63, 3.8) is 0 Å². The molecule has 1 amide bonds. The van der Waals surface area contributed by atoms with Gasteiger partial charge in [-0.15, -0.1) is 0 Å². The average molecular weight is 378 g/mol. The minimum atomic E-state index is -0.589. The number of halogens is 3. The normalized spacial score (nSPS) is 10.5. The summed E-state index contributed by atoms with van der Waals surface area (Å²) in [7, 11) is 0. The first-order valence-corrected chi connectivity index (χ1v) is 6.97. The van der Waals surface area contributed by atoms with Gasteiger partial charge in [-0.3, -0.25) is 10.2 Å². The summed E-state index contributed by atoms with van der Waals surface area (Å²) in [5.74, 6) is 5.12. The number of aryl methyl sites for hydroxylation is 1. The molecule has 3 N–H and O–H groups in total. The quantitative estimate of drug-likeness (QED) is 0.371. The zero-order valence-corrected chi connectivity index (χ0v) is 13.2. The molecule has 0 aliphatic rings. The van der Waals surface area contributed by atoms with Crippen LogP contribution in [0.25, 0.3) is 0 Å². The van der Waals surface area contributed by atoms with E-state index >= 15 is 0 Å². The molecule has 0 radical (unpaired) electrons. The van der Waals surface area contributed by atoms with Crippen molar-refractivity contribution in [2.75, 3.05) is 0 Å². The predicted octanol–water partition coefficient (Wildman–Crippen LogP) is 3.33. The average Bonchev–Trinajstić information content (AvgIpc) is 2.81. The summed E-state index contributed by atoms with van der Waals surface area (Å²) in [4.78, 5) is 11.4. The molecule has 2 aromatic rings. The van der Waals surface area contributed by atoms with Gasteiger partial charge in [0.25, 0.3) is 5.91 Å². The van der Waals surface area contributed by atoms with Crippen LogP contribution in [0.3, 0.4) is 0 Å². The predicted molar refractivity (Wildman–Crippen MR) is 78.5 cm³/mol. The Bertz CT molecular complexity index is 690. The van der Waals surface area contributed by atoms with Crippen molar-refractivity contribution < 1.29 is 18.3 Å². The Labute approximate surface area is 133 Å². The summed E-state index contributed by atoms with van der Waals surface area (Å²) in [6.07, 6.45) is 0. The molecule has 21 heavy (non-hydrogen) atoms. The maximum Gasteiger partial charge on any atom is 0.268 e. The van der Waals surface area contributed by atoms with Gasteiger partial charge < -0.3 is 9.15 Å². The maximum atomic E-state index is 13.4. The van der Waals surface area contributed by atoms with E-state index in [0.29, 0.717) is 21.6 Å². The fourth-order valence-corrected chi connectivity index (χ4v) is 2.44. The van der Waals surface area contributed by atoms with Crippen LogP contribution in [-0.4, -0.2) is 5.91 Å². The van der Waals surface area contributed by atoms with E-state index in [-0.39, 0.29) is 17.4 Å². The number of amides is 1. The van der Waals surface area contributed by atoms with E-state index in [1.54, 1.807) is 6.92 Å². The third-order valence-corrected chi connectivity index (χ3v) is 3.60. The molecule has 0 saturated carbocycles. The van der Waals surface area contributed by atoms with Crippen LogP contribution in [0.1, 0.15) is 21.9 Å². The number of hydrogen-bond donors (Lipinski definition) is 2. The number of nitrogens with two attached hydrogens (primary N) is 1. The highest BCUT2D eigenvalue weighted by molar-refractivity contribution is 9.10. The molecule has 8 heteroatoms. The molecule has 1 aromatic carbocycles. The molecule has 1 heterocycles. The van der Waals surface area contributed by atoms with Crippen LogP contribution >= 0.6 is 27.5 Å². The fraction of sp³-hybridized carbons (Fsp3) is 0.154. The molecule has 5 nitrogen and oxygen atoms in total. The highest BCUT2D eigenvalue weighted by Crippen LogP contribution is 2.31. The summed E-state index contributed by atoms with van der Waals surface area (Å²) in [6, 6.07) is 4.07. The summed E-state index contributed by atoms with van der Waals surface area (Å²) in [5, 5.41) is -0.00929. The van der Waals surface area contributed by atoms with E-state index in [9.17, 15) is 9.18 Å². The maximum absolute atomic E-state index is 13.4. The number of hydrogen-bond acceptors (Lipinski definition) is 4. The van der Waals surface area contributed by atoms with Crippen molar-refractivity contribution in [1.82, 2.24) is 5.43 Å². The van der Waals surface area contributed by atoms with E-state index in [1.165, 1.54) is 12.1 Å². The number of nitrogens with one attached hydrogen (secondary N) is 1. The zero-order valence-electron chi connectivity index (χ0n) is 10.9. The van der Waals surface area contributed by atoms with Crippen LogP contribution in [0.4, 0.5) is 4.39 Å². The number of rotatable bonds is 4. The van der Waals surface area contributed by atoms with Crippen LogP contribution < -0.4 is 16.0 Å². The lowest BCUT2D eigenvalue weighted by molar-refractivity contribution is 0.0952. The Kier molecular flexibility index (Phi) is 4.87. The van der Waals surface area contributed by atoms with Crippen molar-refractivity contribution in [1.29, 1.82) is 0 Å². The highest BCUT2D eigenvalue weighted by Gasteiger charge is 2.15. The third kappa shape index (κ3) is 3.55. The molecular formula is C13H11BrClFN2O3. The lowest BCUT2D eigenvalue weighted by atomic mass is 10.2. The molecule has 0 aliphatic heterocycles. The minimum Gasteiger partial charge on any atom is -0.484 e. The van der Waals surface area contributed by atoms with E-state index in [1.807, 2.05) is 5.43 Å². The Hall–Kier alpha value is -1.57. The monoisotopic (exact) mass is 376 g/mol. The fourth-order valence-electron chi connectivity index (χ4n) is 1.68. The number of ether oxygens (including phenoxy) is 1. The van der Waals surface area contributed by atoms with Gasteiger partial charge in [-0.05, 0) is 35.0 Å². The molecule has 1 aromatic heterocycles. The van der Waals surface area contributed by atoms with E-state index in [0.717, 1.165) is 6.07 Å². The SMILES string of the molecule is Cc1oc(COc2cc(F)c(Cl)cc2Br)cc1C(=O)NN. The second kappa shape index (κ2) is 6.46. The largest absolute Gasteiger partial charge is 0.484 e. The molecule has 0 fully saturated rings. The molecule has 0 atom stereocenters.